The van der Waals surface area contributed by atoms with Crippen LogP contribution in [0.5, 0.6) is 0 Å². The fourth-order valence-corrected chi connectivity index (χ4v) is 2.55. The van der Waals surface area contributed by atoms with Gasteiger partial charge in [-0.1, -0.05) is 19.1 Å². The van der Waals surface area contributed by atoms with Crippen molar-refractivity contribution in [2.75, 3.05) is 0 Å². The summed E-state index contributed by atoms with van der Waals surface area (Å²) in [5, 5.41) is 8.67. The summed E-state index contributed by atoms with van der Waals surface area (Å²) < 4.78 is 25.8. The van der Waals surface area contributed by atoms with E-state index in [0.29, 0.717) is 0 Å². The van der Waals surface area contributed by atoms with Crippen molar-refractivity contribution in [1.82, 2.24) is 4.72 Å². The number of aliphatic carboxylic acids is 1. The molecular formula is C11H15NO4S. The predicted octanol–water partition coefficient (Wildman–Crippen LogP) is 1.00. The zero-order chi connectivity index (χ0) is 13.1. The Kier molecular flexibility index (Phi) is 4.25. The Morgan fingerprint density at radius 2 is 2.12 bits per heavy atom. The number of nitrogens with one attached hydrogen (secondary N) is 1. The molecule has 0 aromatic heterocycles. The third-order valence-electron chi connectivity index (χ3n) is 2.32. The SMILES string of the molecule is CCc1cccc(S(=O)(=O)NC(C)C(=O)O)c1. The summed E-state index contributed by atoms with van der Waals surface area (Å²) in [5.74, 6) is -1.21. The standard InChI is InChI=1S/C11H15NO4S/c1-3-9-5-4-6-10(7-9)17(15,16)12-8(2)11(13)14/h4-8,12H,3H2,1-2H3,(H,13,14). The Balaban J connectivity index is 3.01. The molecule has 0 aliphatic rings. The number of sulfonamides is 1. The van der Waals surface area contributed by atoms with E-state index in [1.807, 2.05) is 13.0 Å². The number of carbonyl (C=O) groups is 1. The number of benzene rings is 1. The number of hydrogen-bond acceptors (Lipinski definition) is 3. The number of carboxylic acid groups (broad SMARTS) is 1. The van der Waals surface area contributed by atoms with Crippen LogP contribution in [0.1, 0.15) is 19.4 Å². The van der Waals surface area contributed by atoms with Crippen molar-refractivity contribution < 1.29 is 18.3 Å². The third kappa shape index (κ3) is 3.54. The van der Waals surface area contributed by atoms with Gasteiger partial charge in [0.05, 0.1) is 4.90 Å². The van der Waals surface area contributed by atoms with Gasteiger partial charge in [-0.2, -0.15) is 4.72 Å². The molecule has 1 rings (SSSR count). The maximum absolute atomic E-state index is 11.8. The Hall–Kier alpha value is -1.40. The molecule has 0 saturated heterocycles. The molecule has 5 nitrogen and oxygen atoms in total. The maximum Gasteiger partial charge on any atom is 0.321 e. The van der Waals surface area contributed by atoms with Crippen LogP contribution in [0.2, 0.25) is 0 Å². The summed E-state index contributed by atoms with van der Waals surface area (Å²) in [5.41, 5.74) is 0.885. The largest absolute Gasteiger partial charge is 0.480 e. The Bertz CT molecular complexity index is 510. The molecular weight excluding hydrogens is 242 g/mol. The Morgan fingerprint density at radius 3 is 2.65 bits per heavy atom. The first-order valence-electron chi connectivity index (χ1n) is 5.21. The highest BCUT2D eigenvalue weighted by Gasteiger charge is 2.21. The van der Waals surface area contributed by atoms with Crippen molar-refractivity contribution >= 4 is 16.0 Å². The van der Waals surface area contributed by atoms with Gasteiger partial charge in [-0.3, -0.25) is 4.79 Å². The number of carboxylic acids is 1. The average Bonchev–Trinajstić information content (AvgIpc) is 2.28. The molecule has 0 bridgehead atoms. The molecule has 94 valence electrons. The van der Waals surface area contributed by atoms with Gasteiger partial charge >= 0.3 is 5.97 Å². The summed E-state index contributed by atoms with van der Waals surface area (Å²) >= 11 is 0. The first-order valence-corrected chi connectivity index (χ1v) is 6.69. The molecule has 2 N–H and O–H groups in total. The highest BCUT2D eigenvalue weighted by atomic mass is 32.2. The Morgan fingerprint density at radius 1 is 1.47 bits per heavy atom. The molecule has 0 fully saturated rings. The summed E-state index contributed by atoms with van der Waals surface area (Å²) in [4.78, 5) is 10.7. The van der Waals surface area contributed by atoms with Crippen LogP contribution < -0.4 is 4.72 Å². The first-order chi connectivity index (χ1) is 7.86. The molecule has 1 aromatic rings. The van der Waals surface area contributed by atoms with Gasteiger partial charge < -0.3 is 5.11 Å². The fraction of sp³-hybridized carbons (Fsp3) is 0.364. The predicted molar refractivity (Wildman–Crippen MR) is 63.2 cm³/mol. The van der Waals surface area contributed by atoms with Crippen molar-refractivity contribution in [2.45, 2.75) is 31.2 Å². The van der Waals surface area contributed by atoms with E-state index in [2.05, 4.69) is 4.72 Å². The van der Waals surface area contributed by atoms with E-state index in [1.54, 1.807) is 6.07 Å². The van der Waals surface area contributed by atoms with E-state index in [0.717, 1.165) is 12.0 Å². The Labute approximate surface area is 101 Å². The minimum absolute atomic E-state index is 0.0879. The third-order valence-corrected chi connectivity index (χ3v) is 3.86. The summed E-state index contributed by atoms with van der Waals surface area (Å²) in [6.45, 7) is 3.20. The van der Waals surface area contributed by atoms with Gasteiger partial charge in [0.2, 0.25) is 10.0 Å². The lowest BCUT2D eigenvalue weighted by molar-refractivity contribution is -0.138. The zero-order valence-electron chi connectivity index (χ0n) is 9.67. The first kappa shape index (κ1) is 13.7. The molecule has 0 aliphatic carbocycles. The monoisotopic (exact) mass is 257 g/mol. The van der Waals surface area contributed by atoms with E-state index in [-0.39, 0.29) is 4.90 Å². The van der Waals surface area contributed by atoms with E-state index >= 15 is 0 Å². The normalized spacial score (nSPS) is 13.3. The summed E-state index contributed by atoms with van der Waals surface area (Å²) in [6, 6.07) is 5.29. The van der Waals surface area contributed by atoms with Crippen molar-refractivity contribution in [3.05, 3.63) is 29.8 Å². The molecule has 1 unspecified atom stereocenters. The van der Waals surface area contributed by atoms with Crippen molar-refractivity contribution in [1.29, 1.82) is 0 Å². The van der Waals surface area contributed by atoms with Crippen molar-refractivity contribution in [3.8, 4) is 0 Å². The highest BCUT2D eigenvalue weighted by Crippen LogP contribution is 2.12. The topological polar surface area (TPSA) is 83.5 Å². The lowest BCUT2D eigenvalue weighted by Crippen LogP contribution is -2.38. The highest BCUT2D eigenvalue weighted by molar-refractivity contribution is 7.89. The number of rotatable bonds is 5. The summed E-state index contributed by atoms with van der Waals surface area (Å²) in [7, 11) is -3.77. The van der Waals surface area contributed by atoms with Crippen LogP contribution in [0.4, 0.5) is 0 Å². The van der Waals surface area contributed by atoms with Gasteiger partial charge in [0, 0.05) is 0 Å². The van der Waals surface area contributed by atoms with E-state index in [9.17, 15) is 13.2 Å². The molecule has 0 radical (unpaired) electrons. The van der Waals surface area contributed by atoms with E-state index in [1.165, 1.54) is 19.1 Å². The second kappa shape index (κ2) is 5.29. The number of hydrogen-bond donors (Lipinski definition) is 2. The van der Waals surface area contributed by atoms with E-state index in [4.69, 9.17) is 5.11 Å². The van der Waals surface area contributed by atoms with Gasteiger partial charge in [0.1, 0.15) is 6.04 Å². The van der Waals surface area contributed by atoms with Gasteiger partial charge in [-0.25, -0.2) is 8.42 Å². The fourth-order valence-electron chi connectivity index (χ4n) is 1.28. The van der Waals surface area contributed by atoms with Crippen LogP contribution >= 0.6 is 0 Å². The maximum atomic E-state index is 11.8. The molecule has 6 heteroatoms. The molecule has 17 heavy (non-hydrogen) atoms. The second-order valence-electron chi connectivity index (χ2n) is 3.68. The molecule has 0 saturated carbocycles. The van der Waals surface area contributed by atoms with Gasteiger partial charge in [-0.15, -0.1) is 0 Å². The van der Waals surface area contributed by atoms with Crippen molar-refractivity contribution in [3.63, 3.8) is 0 Å². The van der Waals surface area contributed by atoms with Crippen LogP contribution in [0.25, 0.3) is 0 Å². The van der Waals surface area contributed by atoms with Crippen LogP contribution in [-0.4, -0.2) is 25.5 Å². The average molecular weight is 257 g/mol. The lowest BCUT2D eigenvalue weighted by atomic mass is 10.2. The van der Waals surface area contributed by atoms with Gasteiger partial charge in [0.15, 0.2) is 0 Å². The van der Waals surface area contributed by atoms with Crippen molar-refractivity contribution in [2.24, 2.45) is 0 Å². The quantitative estimate of drug-likeness (QED) is 0.824. The molecule has 0 aliphatic heterocycles. The van der Waals surface area contributed by atoms with Crippen LogP contribution in [0, 0.1) is 0 Å². The van der Waals surface area contributed by atoms with E-state index < -0.39 is 22.0 Å². The van der Waals surface area contributed by atoms with Crippen LogP contribution in [0.15, 0.2) is 29.2 Å². The lowest BCUT2D eigenvalue weighted by Gasteiger charge is -2.10. The second-order valence-corrected chi connectivity index (χ2v) is 5.40. The summed E-state index contributed by atoms with van der Waals surface area (Å²) in [6.07, 6.45) is 0.720. The molecule has 0 spiro atoms. The zero-order valence-corrected chi connectivity index (χ0v) is 10.5. The van der Waals surface area contributed by atoms with Crippen LogP contribution in [-0.2, 0) is 21.2 Å². The van der Waals surface area contributed by atoms with Gasteiger partial charge in [0.25, 0.3) is 0 Å². The minimum atomic E-state index is -3.77. The smallest absolute Gasteiger partial charge is 0.321 e. The van der Waals surface area contributed by atoms with Gasteiger partial charge in [-0.05, 0) is 31.0 Å². The molecule has 1 aromatic carbocycles. The minimum Gasteiger partial charge on any atom is -0.480 e. The molecule has 1 atom stereocenters. The number of aryl methyl sites for hydroxylation is 1. The molecule has 0 heterocycles. The molecule has 0 amide bonds. The van der Waals surface area contributed by atoms with Crippen LogP contribution in [0.3, 0.4) is 0 Å².